The Kier molecular flexibility index (Phi) is 5.96. The van der Waals surface area contributed by atoms with Crippen LogP contribution in [0.3, 0.4) is 0 Å². The standard InChI is InChI=1S/C18H25FN4O/c1-24-11-10-23-8-6-17(7-9-23)20-12-15-13-21-22-18(15)14-2-4-16(19)5-3-14/h2-5,13,17,20H,6-12H2,1H3,(H,21,22). The highest BCUT2D eigenvalue weighted by Gasteiger charge is 2.19. The van der Waals surface area contributed by atoms with Crippen LogP contribution in [0.25, 0.3) is 11.3 Å². The maximum atomic E-state index is 13.1. The first kappa shape index (κ1) is 17.1. The summed E-state index contributed by atoms with van der Waals surface area (Å²) in [5.41, 5.74) is 3.03. The van der Waals surface area contributed by atoms with Crippen molar-refractivity contribution < 1.29 is 9.13 Å². The molecule has 1 aliphatic heterocycles. The van der Waals surface area contributed by atoms with Crippen LogP contribution < -0.4 is 5.32 Å². The number of aromatic nitrogens is 2. The van der Waals surface area contributed by atoms with Gasteiger partial charge in [0.1, 0.15) is 5.82 Å². The quantitative estimate of drug-likeness (QED) is 0.818. The maximum absolute atomic E-state index is 13.1. The molecule has 5 nitrogen and oxygen atoms in total. The molecular formula is C18H25FN4O. The Labute approximate surface area is 142 Å². The number of aromatic amines is 1. The van der Waals surface area contributed by atoms with Crippen LogP contribution in [0.15, 0.2) is 30.5 Å². The number of nitrogens with zero attached hydrogens (tertiary/aromatic N) is 2. The zero-order valence-electron chi connectivity index (χ0n) is 14.1. The summed E-state index contributed by atoms with van der Waals surface area (Å²) in [5, 5.41) is 10.8. The lowest BCUT2D eigenvalue weighted by Gasteiger charge is -2.32. The van der Waals surface area contributed by atoms with Crippen molar-refractivity contribution in [3.05, 3.63) is 41.8 Å². The number of ether oxygens (including phenoxy) is 1. The molecule has 0 atom stereocenters. The van der Waals surface area contributed by atoms with Crippen molar-refractivity contribution in [3.8, 4) is 11.3 Å². The third-order valence-corrected chi connectivity index (χ3v) is 4.63. The highest BCUT2D eigenvalue weighted by Crippen LogP contribution is 2.21. The van der Waals surface area contributed by atoms with Crippen LogP contribution in [-0.2, 0) is 11.3 Å². The number of hydrogen-bond donors (Lipinski definition) is 2. The second-order valence-electron chi connectivity index (χ2n) is 6.27. The molecule has 0 aliphatic carbocycles. The summed E-state index contributed by atoms with van der Waals surface area (Å²) in [7, 11) is 1.75. The monoisotopic (exact) mass is 332 g/mol. The Morgan fingerprint density at radius 3 is 2.75 bits per heavy atom. The highest BCUT2D eigenvalue weighted by atomic mass is 19.1. The number of halogens is 1. The third-order valence-electron chi connectivity index (χ3n) is 4.63. The van der Waals surface area contributed by atoms with Gasteiger partial charge in [-0.2, -0.15) is 5.10 Å². The van der Waals surface area contributed by atoms with E-state index < -0.39 is 0 Å². The number of hydrogen-bond acceptors (Lipinski definition) is 4. The Hall–Kier alpha value is -1.76. The molecule has 0 amide bonds. The van der Waals surface area contributed by atoms with E-state index in [9.17, 15) is 4.39 Å². The van der Waals surface area contributed by atoms with Crippen LogP contribution in [0.1, 0.15) is 18.4 Å². The van der Waals surface area contributed by atoms with Crippen molar-refractivity contribution >= 4 is 0 Å². The van der Waals surface area contributed by atoms with Crippen LogP contribution in [-0.4, -0.2) is 54.5 Å². The predicted octanol–water partition coefficient (Wildman–Crippen LogP) is 2.42. The normalized spacial score (nSPS) is 16.6. The number of benzene rings is 1. The van der Waals surface area contributed by atoms with Gasteiger partial charge >= 0.3 is 0 Å². The summed E-state index contributed by atoms with van der Waals surface area (Å²) in [5.74, 6) is -0.224. The molecule has 2 aromatic rings. The van der Waals surface area contributed by atoms with Gasteiger partial charge < -0.3 is 15.0 Å². The number of piperidine rings is 1. The van der Waals surface area contributed by atoms with Crippen LogP contribution in [0, 0.1) is 5.82 Å². The minimum Gasteiger partial charge on any atom is -0.383 e. The lowest BCUT2D eigenvalue weighted by molar-refractivity contribution is 0.126. The zero-order valence-corrected chi connectivity index (χ0v) is 14.1. The van der Waals surface area contributed by atoms with Gasteiger partial charge in [-0.3, -0.25) is 5.10 Å². The average molecular weight is 332 g/mol. The van der Waals surface area contributed by atoms with E-state index >= 15 is 0 Å². The Morgan fingerprint density at radius 2 is 2.04 bits per heavy atom. The highest BCUT2D eigenvalue weighted by molar-refractivity contribution is 5.62. The van der Waals surface area contributed by atoms with Crippen LogP contribution in [0.5, 0.6) is 0 Å². The molecular weight excluding hydrogens is 307 g/mol. The Bertz CT molecular complexity index is 620. The van der Waals surface area contributed by atoms with Gasteiger partial charge in [0, 0.05) is 37.4 Å². The molecule has 0 unspecified atom stereocenters. The first-order valence-electron chi connectivity index (χ1n) is 8.49. The molecule has 3 rings (SSSR count). The fourth-order valence-corrected chi connectivity index (χ4v) is 3.15. The molecule has 1 fully saturated rings. The molecule has 24 heavy (non-hydrogen) atoms. The van der Waals surface area contributed by atoms with E-state index in [1.165, 1.54) is 12.1 Å². The minimum atomic E-state index is -0.224. The fourth-order valence-electron chi connectivity index (χ4n) is 3.15. The lowest BCUT2D eigenvalue weighted by atomic mass is 10.0. The van der Waals surface area contributed by atoms with Gasteiger partial charge in [0.2, 0.25) is 0 Å². The number of likely N-dealkylation sites (tertiary alicyclic amines) is 1. The first-order chi connectivity index (χ1) is 11.8. The molecule has 0 saturated carbocycles. The smallest absolute Gasteiger partial charge is 0.123 e. The van der Waals surface area contributed by atoms with Crippen molar-refractivity contribution in [2.75, 3.05) is 33.4 Å². The fraction of sp³-hybridized carbons (Fsp3) is 0.500. The molecule has 0 bridgehead atoms. The van der Waals surface area contributed by atoms with E-state index in [0.717, 1.165) is 62.4 Å². The Morgan fingerprint density at radius 1 is 1.29 bits per heavy atom. The van der Waals surface area contributed by atoms with E-state index in [0.29, 0.717) is 6.04 Å². The molecule has 1 aromatic heterocycles. The van der Waals surface area contributed by atoms with Crippen LogP contribution in [0.2, 0.25) is 0 Å². The van der Waals surface area contributed by atoms with Gasteiger partial charge in [0.05, 0.1) is 18.5 Å². The van der Waals surface area contributed by atoms with Gasteiger partial charge in [-0.05, 0) is 50.2 Å². The van der Waals surface area contributed by atoms with Crippen LogP contribution in [0.4, 0.5) is 4.39 Å². The molecule has 6 heteroatoms. The summed E-state index contributed by atoms with van der Waals surface area (Å²) in [4.78, 5) is 2.45. The molecule has 1 saturated heterocycles. The lowest BCUT2D eigenvalue weighted by Crippen LogP contribution is -2.43. The van der Waals surface area contributed by atoms with Crippen LogP contribution >= 0.6 is 0 Å². The molecule has 0 spiro atoms. The van der Waals surface area contributed by atoms with Crippen molar-refractivity contribution in [2.45, 2.75) is 25.4 Å². The number of rotatable bonds is 7. The first-order valence-corrected chi connectivity index (χ1v) is 8.49. The van der Waals surface area contributed by atoms with Crippen molar-refractivity contribution in [1.29, 1.82) is 0 Å². The zero-order chi connectivity index (χ0) is 16.8. The van der Waals surface area contributed by atoms with Crippen molar-refractivity contribution in [1.82, 2.24) is 20.4 Å². The number of methoxy groups -OCH3 is 1. The molecule has 2 heterocycles. The minimum absolute atomic E-state index is 0.224. The van der Waals surface area contributed by atoms with Gasteiger partial charge in [-0.15, -0.1) is 0 Å². The van der Waals surface area contributed by atoms with E-state index in [-0.39, 0.29) is 5.82 Å². The predicted molar refractivity (Wildman–Crippen MR) is 92.2 cm³/mol. The maximum Gasteiger partial charge on any atom is 0.123 e. The second-order valence-corrected chi connectivity index (χ2v) is 6.27. The summed E-state index contributed by atoms with van der Waals surface area (Å²) in [6, 6.07) is 7.04. The topological polar surface area (TPSA) is 53.2 Å². The molecule has 2 N–H and O–H groups in total. The number of nitrogens with one attached hydrogen (secondary N) is 2. The molecule has 1 aromatic carbocycles. The van der Waals surface area contributed by atoms with Crippen molar-refractivity contribution in [2.24, 2.45) is 0 Å². The average Bonchev–Trinajstić information content (AvgIpc) is 3.08. The van der Waals surface area contributed by atoms with Gasteiger partial charge in [-0.25, -0.2) is 4.39 Å². The van der Waals surface area contributed by atoms with E-state index in [2.05, 4.69) is 20.4 Å². The summed E-state index contributed by atoms with van der Waals surface area (Å²) in [6.45, 7) is 4.80. The van der Waals surface area contributed by atoms with Crippen molar-refractivity contribution in [3.63, 3.8) is 0 Å². The van der Waals surface area contributed by atoms with E-state index in [4.69, 9.17) is 4.74 Å². The second kappa shape index (κ2) is 8.37. The molecule has 1 aliphatic rings. The van der Waals surface area contributed by atoms with Gasteiger partial charge in [0.15, 0.2) is 0 Å². The summed E-state index contributed by atoms with van der Waals surface area (Å²) < 4.78 is 18.2. The SMILES string of the molecule is COCCN1CCC(NCc2cn[nH]c2-c2ccc(F)cc2)CC1. The Balaban J connectivity index is 1.51. The van der Waals surface area contributed by atoms with E-state index in [1.807, 2.05) is 6.20 Å². The molecule has 0 radical (unpaired) electrons. The largest absolute Gasteiger partial charge is 0.383 e. The summed E-state index contributed by atoms with van der Waals surface area (Å²) >= 11 is 0. The number of H-pyrrole nitrogens is 1. The van der Waals surface area contributed by atoms with E-state index in [1.54, 1.807) is 19.2 Å². The molecule has 130 valence electrons. The summed E-state index contributed by atoms with van der Waals surface area (Å²) in [6.07, 6.45) is 4.14. The van der Waals surface area contributed by atoms with Gasteiger partial charge in [0.25, 0.3) is 0 Å². The third kappa shape index (κ3) is 4.41. The van der Waals surface area contributed by atoms with Gasteiger partial charge in [-0.1, -0.05) is 0 Å².